The van der Waals surface area contributed by atoms with Crippen LogP contribution in [-0.2, 0) is 13.6 Å². The Morgan fingerprint density at radius 3 is 2.65 bits per heavy atom. The van der Waals surface area contributed by atoms with E-state index in [4.69, 9.17) is 23.2 Å². The highest BCUT2D eigenvalue weighted by atomic mass is 35.5. The maximum Gasteiger partial charge on any atom is 0.255 e. The fraction of sp³-hybridized carbons (Fsp3) is 0.300. The topological polar surface area (TPSA) is 52.7 Å². The van der Waals surface area contributed by atoms with Gasteiger partial charge in [0.05, 0.1) is 12.7 Å². The Balaban J connectivity index is 2.43. The summed E-state index contributed by atoms with van der Waals surface area (Å²) in [7, 11) is 1.79. The molecule has 0 saturated heterocycles. The van der Waals surface area contributed by atoms with Crippen LogP contribution in [0.4, 0.5) is 0 Å². The summed E-state index contributed by atoms with van der Waals surface area (Å²) in [6, 6.07) is 1.28. The largest absolute Gasteiger partial charge is 0.321 e. The smallest absolute Gasteiger partial charge is 0.255 e. The van der Waals surface area contributed by atoms with Gasteiger partial charge in [0.1, 0.15) is 22.0 Å². The van der Waals surface area contributed by atoms with Crippen LogP contribution in [-0.4, -0.2) is 19.1 Å². The monoisotopic (exact) mass is 272 g/mol. The lowest BCUT2D eigenvalue weighted by Gasteiger charge is -2.09. The van der Waals surface area contributed by atoms with Gasteiger partial charge in [-0.1, -0.05) is 23.2 Å². The molecular formula is C10H10Cl2N4O. The van der Waals surface area contributed by atoms with Crippen molar-refractivity contribution in [3.05, 3.63) is 44.6 Å². The molecule has 0 atom stereocenters. The number of aromatic nitrogens is 4. The summed E-state index contributed by atoms with van der Waals surface area (Å²) in [6.07, 6.45) is 1.54. The number of halogens is 2. The molecule has 17 heavy (non-hydrogen) atoms. The van der Waals surface area contributed by atoms with E-state index in [1.807, 2.05) is 0 Å². The molecule has 0 aliphatic carbocycles. The summed E-state index contributed by atoms with van der Waals surface area (Å²) >= 11 is 11.6. The van der Waals surface area contributed by atoms with E-state index in [0.717, 1.165) is 0 Å². The third-order valence-electron chi connectivity index (χ3n) is 2.50. The first kappa shape index (κ1) is 12.1. The Hall–Kier alpha value is -1.33. The lowest BCUT2D eigenvalue weighted by molar-refractivity contribution is 0.644. The van der Waals surface area contributed by atoms with E-state index >= 15 is 0 Å². The summed E-state index contributed by atoms with van der Waals surface area (Å²) in [5.41, 5.74) is -0.207. The minimum atomic E-state index is -0.207. The van der Waals surface area contributed by atoms with Crippen LogP contribution in [0.25, 0.3) is 0 Å². The zero-order chi connectivity index (χ0) is 12.6. The maximum absolute atomic E-state index is 11.8. The van der Waals surface area contributed by atoms with Gasteiger partial charge in [0.15, 0.2) is 0 Å². The number of nitrogens with zero attached hydrogens (tertiary/aromatic N) is 4. The number of aryl methyl sites for hydroxylation is 1. The van der Waals surface area contributed by atoms with Crippen molar-refractivity contribution >= 4 is 23.2 Å². The van der Waals surface area contributed by atoms with Gasteiger partial charge < -0.3 is 4.57 Å². The molecule has 2 heterocycles. The molecule has 0 fully saturated rings. The zero-order valence-corrected chi connectivity index (χ0v) is 10.8. The molecule has 0 aromatic carbocycles. The van der Waals surface area contributed by atoms with Crippen molar-refractivity contribution in [2.24, 2.45) is 7.05 Å². The minimum absolute atomic E-state index is 0.196. The lowest BCUT2D eigenvalue weighted by atomic mass is 10.5. The molecule has 7 heteroatoms. The van der Waals surface area contributed by atoms with Crippen molar-refractivity contribution in [3.8, 4) is 0 Å². The van der Waals surface area contributed by atoms with Crippen LogP contribution in [0.2, 0.25) is 10.3 Å². The highest BCUT2D eigenvalue weighted by Crippen LogP contribution is 2.10. The third-order valence-corrected chi connectivity index (χ3v) is 3.04. The summed E-state index contributed by atoms with van der Waals surface area (Å²) in [5.74, 6) is 1.23. The second-order valence-electron chi connectivity index (χ2n) is 3.61. The normalized spacial score (nSPS) is 10.8. The fourth-order valence-corrected chi connectivity index (χ4v) is 1.85. The average molecular weight is 273 g/mol. The maximum atomic E-state index is 11.8. The summed E-state index contributed by atoms with van der Waals surface area (Å²) in [6.45, 7) is 2.04. The molecule has 0 amide bonds. The van der Waals surface area contributed by atoms with E-state index in [1.165, 1.54) is 10.6 Å². The van der Waals surface area contributed by atoms with Gasteiger partial charge in [-0.3, -0.25) is 9.36 Å². The van der Waals surface area contributed by atoms with E-state index in [-0.39, 0.29) is 10.7 Å². The molecule has 90 valence electrons. The van der Waals surface area contributed by atoms with Crippen molar-refractivity contribution in [1.29, 1.82) is 0 Å². The molecule has 0 radical (unpaired) electrons. The van der Waals surface area contributed by atoms with Gasteiger partial charge in [0.25, 0.3) is 5.56 Å². The van der Waals surface area contributed by atoms with Crippen LogP contribution in [0.1, 0.15) is 11.6 Å². The van der Waals surface area contributed by atoms with Crippen LogP contribution in [0, 0.1) is 6.92 Å². The van der Waals surface area contributed by atoms with Gasteiger partial charge >= 0.3 is 0 Å². The first-order valence-corrected chi connectivity index (χ1v) is 5.64. The van der Waals surface area contributed by atoms with Gasteiger partial charge in [-0.05, 0) is 6.92 Å². The summed E-state index contributed by atoms with van der Waals surface area (Å²) in [5, 5.41) is 0.717. The zero-order valence-electron chi connectivity index (χ0n) is 9.31. The SMILES string of the molecule is Cc1nc(Cl)cc(=O)n1Cc1ncc(Cl)n1C. The third kappa shape index (κ3) is 2.35. The van der Waals surface area contributed by atoms with Crippen LogP contribution >= 0.6 is 23.2 Å². The first-order valence-electron chi connectivity index (χ1n) is 4.89. The van der Waals surface area contributed by atoms with Gasteiger partial charge in [-0.25, -0.2) is 9.97 Å². The molecule has 2 aromatic rings. The number of hydrogen-bond acceptors (Lipinski definition) is 3. The molecule has 0 saturated carbocycles. The molecule has 5 nitrogen and oxygen atoms in total. The quantitative estimate of drug-likeness (QED) is 0.781. The standard InChI is InChI=1S/C10H10Cl2N4O/c1-6-14-7(11)3-10(17)16(6)5-9-13-4-8(12)15(9)2/h3-4H,5H2,1-2H3. The molecule has 0 spiro atoms. The Morgan fingerprint density at radius 2 is 2.12 bits per heavy atom. The Morgan fingerprint density at radius 1 is 1.41 bits per heavy atom. The van der Waals surface area contributed by atoms with E-state index in [9.17, 15) is 4.79 Å². The van der Waals surface area contributed by atoms with E-state index in [1.54, 1.807) is 24.7 Å². The Kier molecular flexibility index (Phi) is 3.22. The van der Waals surface area contributed by atoms with Gasteiger partial charge in [0.2, 0.25) is 0 Å². The molecule has 0 bridgehead atoms. The molecule has 0 aliphatic heterocycles. The molecule has 0 aliphatic rings. The number of imidazole rings is 1. The first-order chi connectivity index (χ1) is 7.99. The fourth-order valence-electron chi connectivity index (χ4n) is 1.49. The predicted molar refractivity (Wildman–Crippen MR) is 65.6 cm³/mol. The van der Waals surface area contributed by atoms with E-state index in [2.05, 4.69) is 9.97 Å². The van der Waals surface area contributed by atoms with Gasteiger partial charge in [-0.2, -0.15) is 0 Å². The highest BCUT2D eigenvalue weighted by Gasteiger charge is 2.09. The highest BCUT2D eigenvalue weighted by molar-refractivity contribution is 6.29. The van der Waals surface area contributed by atoms with Crippen molar-refractivity contribution in [2.45, 2.75) is 13.5 Å². The minimum Gasteiger partial charge on any atom is -0.321 e. The van der Waals surface area contributed by atoms with E-state index in [0.29, 0.717) is 23.3 Å². The lowest BCUT2D eigenvalue weighted by Crippen LogP contribution is -2.24. The van der Waals surface area contributed by atoms with Crippen molar-refractivity contribution < 1.29 is 0 Å². The van der Waals surface area contributed by atoms with Crippen LogP contribution < -0.4 is 5.56 Å². The predicted octanol–water partition coefficient (Wildman–Crippen LogP) is 1.64. The Labute approximate surface area is 108 Å². The number of hydrogen-bond donors (Lipinski definition) is 0. The molecule has 0 N–H and O–H groups in total. The van der Waals surface area contributed by atoms with E-state index < -0.39 is 0 Å². The van der Waals surface area contributed by atoms with Crippen LogP contribution in [0.5, 0.6) is 0 Å². The van der Waals surface area contributed by atoms with Crippen LogP contribution in [0.15, 0.2) is 17.1 Å². The average Bonchev–Trinajstić information content (AvgIpc) is 2.54. The second kappa shape index (κ2) is 4.50. The van der Waals surface area contributed by atoms with Crippen molar-refractivity contribution in [1.82, 2.24) is 19.1 Å². The van der Waals surface area contributed by atoms with Gasteiger partial charge in [-0.15, -0.1) is 0 Å². The summed E-state index contributed by atoms with van der Waals surface area (Å²) < 4.78 is 3.20. The molecule has 2 rings (SSSR count). The summed E-state index contributed by atoms with van der Waals surface area (Å²) in [4.78, 5) is 19.9. The van der Waals surface area contributed by atoms with Crippen molar-refractivity contribution in [3.63, 3.8) is 0 Å². The second-order valence-corrected chi connectivity index (χ2v) is 4.38. The van der Waals surface area contributed by atoms with Crippen molar-refractivity contribution in [2.75, 3.05) is 0 Å². The number of rotatable bonds is 2. The van der Waals surface area contributed by atoms with Crippen LogP contribution in [0.3, 0.4) is 0 Å². The molecular weight excluding hydrogens is 263 g/mol. The molecule has 2 aromatic heterocycles. The van der Waals surface area contributed by atoms with Gasteiger partial charge in [0, 0.05) is 13.1 Å². The Bertz CT molecular complexity index is 617. The molecule has 0 unspecified atom stereocenters.